The molecule has 3 rings (SSSR count). The summed E-state index contributed by atoms with van der Waals surface area (Å²) in [5, 5.41) is 5.91. The molecule has 2 atom stereocenters. The van der Waals surface area contributed by atoms with Crippen LogP contribution in [0.1, 0.15) is 65.9 Å². The minimum Gasteiger partial charge on any atom is -0.466 e. The summed E-state index contributed by atoms with van der Waals surface area (Å²) in [4.78, 5) is 38.4. The summed E-state index contributed by atoms with van der Waals surface area (Å²) in [5.41, 5.74) is 0.893. The molecule has 0 radical (unpaired) electrons. The lowest BCUT2D eigenvalue weighted by molar-refractivity contribution is -0.141. The first-order valence-corrected chi connectivity index (χ1v) is 16.6. The third kappa shape index (κ3) is 11.3. The zero-order valence-corrected chi connectivity index (χ0v) is 26.9. The zero-order valence-electron chi connectivity index (χ0n) is 26.1. The SMILES string of the molecule is CC(=O)OCCC1CCN(C(=O)C(COCCCNC(=O)OC(C)(C)C)NS(=O)(=O)c2cccc3c2NC[C@@H](C)C3)CC1. The second-order valence-corrected chi connectivity index (χ2v) is 14.1. The molecule has 43 heavy (non-hydrogen) atoms. The fraction of sp³-hybridized carbons (Fsp3) is 0.700. The van der Waals surface area contributed by atoms with Crippen molar-refractivity contribution in [2.75, 3.05) is 51.3 Å². The molecule has 0 bridgehead atoms. The topological polar surface area (TPSA) is 152 Å². The van der Waals surface area contributed by atoms with E-state index in [9.17, 15) is 22.8 Å². The minimum absolute atomic E-state index is 0.112. The molecule has 13 heteroatoms. The highest BCUT2D eigenvalue weighted by Gasteiger charge is 2.33. The number of amides is 2. The Morgan fingerprint density at radius 2 is 1.86 bits per heavy atom. The number of likely N-dealkylation sites (tertiary alicyclic amines) is 1. The second kappa shape index (κ2) is 15.7. The Kier molecular flexibility index (Phi) is 12.6. The summed E-state index contributed by atoms with van der Waals surface area (Å²) in [6.45, 7) is 11.1. The molecule has 3 N–H and O–H groups in total. The molecule has 0 saturated carbocycles. The Labute approximate surface area is 255 Å². The van der Waals surface area contributed by atoms with E-state index in [1.54, 1.807) is 37.8 Å². The number of esters is 1. The van der Waals surface area contributed by atoms with Crippen LogP contribution in [0.25, 0.3) is 0 Å². The molecule has 1 aromatic carbocycles. The molecule has 1 fully saturated rings. The fourth-order valence-electron chi connectivity index (χ4n) is 5.21. The summed E-state index contributed by atoms with van der Waals surface area (Å²) in [6, 6.07) is 4.06. The van der Waals surface area contributed by atoms with Crippen molar-refractivity contribution in [3.8, 4) is 0 Å². The number of nitrogens with zero attached hydrogens (tertiary/aromatic N) is 1. The van der Waals surface area contributed by atoms with Gasteiger partial charge in [0.05, 0.1) is 18.9 Å². The van der Waals surface area contributed by atoms with Gasteiger partial charge in [0.25, 0.3) is 0 Å². The van der Waals surface area contributed by atoms with E-state index in [1.807, 2.05) is 6.07 Å². The standard InChI is InChI=1S/C30H48N4O8S/c1-21-18-24-8-6-9-26(27(24)32-19-21)43(38,39)33-25(20-40-16-7-13-31-29(37)42-30(3,4)5)28(36)34-14-10-23(11-15-34)12-17-41-22(2)35/h6,8-9,21,23,25,32-33H,7,10-20H2,1-5H3,(H,31,37)/t21-,25?/m0/s1. The molecule has 2 amide bonds. The van der Waals surface area contributed by atoms with Gasteiger partial charge in [-0.2, -0.15) is 4.72 Å². The first-order chi connectivity index (χ1) is 20.2. The minimum atomic E-state index is -4.07. The van der Waals surface area contributed by atoms with Gasteiger partial charge in [-0.3, -0.25) is 9.59 Å². The van der Waals surface area contributed by atoms with Crippen molar-refractivity contribution in [2.24, 2.45) is 11.8 Å². The van der Waals surface area contributed by atoms with Gasteiger partial charge in [-0.05, 0) is 76.3 Å². The molecular weight excluding hydrogens is 576 g/mol. The van der Waals surface area contributed by atoms with E-state index in [-0.39, 0.29) is 30.0 Å². The maximum absolute atomic E-state index is 13.7. The number of ether oxygens (including phenoxy) is 3. The number of hydrogen-bond donors (Lipinski definition) is 3. The quantitative estimate of drug-likeness (QED) is 0.222. The van der Waals surface area contributed by atoms with Crippen LogP contribution in [0, 0.1) is 11.8 Å². The van der Waals surface area contributed by atoms with Crippen molar-refractivity contribution in [3.05, 3.63) is 23.8 Å². The van der Waals surface area contributed by atoms with Gasteiger partial charge in [0.2, 0.25) is 15.9 Å². The van der Waals surface area contributed by atoms with Gasteiger partial charge in [-0.1, -0.05) is 19.1 Å². The van der Waals surface area contributed by atoms with Crippen LogP contribution in [0.3, 0.4) is 0 Å². The van der Waals surface area contributed by atoms with Crippen LogP contribution in [0.4, 0.5) is 10.5 Å². The molecule has 2 aliphatic heterocycles. The average Bonchev–Trinajstić information content (AvgIpc) is 2.92. The van der Waals surface area contributed by atoms with Gasteiger partial charge in [0.1, 0.15) is 16.5 Å². The lowest BCUT2D eigenvalue weighted by Gasteiger charge is -2.34. The largest absolute Gasteiger partial charge is 0.466 e. The Hall–Kier alpha value is -2.90. The number of fused-ring (bicyclic) bond motifs is 1. The van der Waals surface area contributed by atoms with Gasteiger partial charge in [0.15, 0.2) is 0 Å². The Balaban J connectivity index is 1.63. The highest BCUT2D eigenvalue weighted by atomic mass is 32.2. The molecule has 0 spiro atoms. The van der Waals surface area contributed by atoms with Crippen molar-refractivity contribution in [1.82, 2.24) is 14.9 Å². The molecule has 242 valence electrons. The Bertz CT molecular complexity index is 1210. The first kappa shape index (κ1) is 34.6. The van der Waals surface area contributed by atoms with E-state index < -0.39 is 27.8 Å². The zero-order chi connectivity index (χ0) is 31.6. The maximum Gasteiger partial charge on any atom is 0.407 e. The van der Waals surface area contributed by atoms with Gasteiger partial charge >= 0.3 is 12.1 Å². The summed E-state index contributed by atoms with van der Waals surface area (Å²) in [6.07, 6.45) is 2.88. The van der Waals surface area contributed by atoms with Crippen molar-refractivity contribution in [2.45, 2.75) is 83.3 Å². The van der Waals surface area contributed by atoms with Gasteiger partial charge in [-0.15, -0.1) is 0 Å². The lowest BCUT2D eigenvalue weighted by atomic mass is 9.93. The number of hydrogen-bond acceptors (Lipinski definition) is 9. The predicted octanol–water partition coefficient (Wildman–Crippen LogP) is 3.06. The number of carbonyl (C=O) groups is 3. The van der Waals surface area contributed by atoms with Crippen molar-refractivity contribution >= 4 is 33.7 Å². The smallest absolute Gasteiger partial charge is 0.407 e. The number of anilines is 1. The third-order valence-electron chi connectivity index (χ3n) is 7.37. The monoisotopic (exact) mass is 624 g/mol. The van der Waals surface area contributed by atoms with Crippen LogP contribution < -0.4 is 15.4 Å². The van der Waals surface area contributed by atoms with Crippen LogP contribution in [0.15, 0.2) is 23.1 Å². The molecule has 0 aliphatic carbocycles. The molecule has 1 aromatic rings. The summed E-state index contributed by atoms with van der Waals surface area (Å²) in [5.74, 6) is 0.0347. The van der Waals surface area contributed by atoms with Crippen LogP contribution in [0.2, 0.25) is 0 Å². The lowest BCUT2D eigenvalue weighted by Crippen LogP contribution is -2.52. The molecule has 12 nitrogen and oxygen atoms in total. The van der Waals surface area contributed by atoms with Crippen LogP contribution in [-0.4, -0.2) is 88.9 Å². The van der Waals surface area contributed by atoms with Crippen LogP contribution in [0.5, 0.6) is 0 Å². The van der Waals surface area contributed by atoms with Crippen molar-refractivity contribution < 1.29 is 37.0 Å². The van der Waals surface area contributed by atoms with E-state index in [4.69, 9.17) is 14.2 Å². The molecule has 1 saturated heterocycles. The number of nitrogens with one attached hydrogen (secondary N) is 3. The third-order valence-corrected chi connectivity index (χ3v) is 8.88. The number of carbonyl (C=O) groups excluding carboxylic acids is 3. The van der Waals surface area contributed by atoms with E-state index in [0.717, 1.165) is 31.2 Å². The van der Waals surface area contributed by atoms with E-state index >= 15 is 0 Å². The van der Waals surface area contributed by atoms with Crippen molar-refractivity contribution in [1.29, 1.82) is 0 Å². The summed E-state index contributed by atoms with van der Waals surface area (Å²) in [7, 11) is -4.07. The van der Waals surface area contributed by atoms with Gasteiger partial charge in [0, 0.05) is 39.7 Å². The average molecular weight is 625 g/mol. The van der Waals surface area contributed by atoms with Crippen LogP contribution in [-0.2, 0) is 40.2 Å². The summed E-state index contributed by atoms with van der Waals surface area (Å²) < 4.78 is 46.0. The number of rotatable bonds is 13. The van der Waals surface area contributed by atoms with Crippen LogP contribution >= 0.6 is 0 Å². The van der Waals surface area contributed by atoms with E-state index in [1.165, 1.54) is 6.92 Å². The number of benzene rings is 1. The number of alkyl carbamates (subject to hydrolysis) is 1. The Morgan fingerprint density at radius 1 is 1.14 bits per heavy atom. The molecule has 1 unspecified atom stereocenters. The number of sulfonamides is 1. The molecule has 0 aromatic heterocycles. The van der Waals surface area contributed by atoms with E-state index in [0.29, 0.717) is 56.7 Å². The maximum atomic E-state index is 13.7. The summed E-state index contributed by atoms with van der Waals surface area (Å²) >= 11 is 0. The second-order valence-electron chi connectivity index (χ2n) is 12.4. The molecule has 2 heterocycles. The molecular formula is C30H48N4O8S. The first-order valence-electron chi connectivity index (χ1n) is 15.1. The predicted molar refractivity (Wildman–Crippen MR) is 162 cm³/mol. The highest BCUT2D eigenvalue weighted by Crippen LogP contribution is 2.31. The van der Waals surface area contributed by atoms with Gasteiger partial charge < -0.3 is 29.7 Å². The highest BCUT2D eigenvalue weighted by molar-refractivity contribution is 7.89. The fourth-order valence-corrected chi connectivity index (χ4v) is 6.61. The van der Waals surface area contributed by atoms with Gasteiger partial charge in [-0.25, -0.2) is 13.2 Å². The molecule has 2 aliphatic rings. The van der Waals surface area contributed by atoms with Crippen molar-refractivity contribution in [3.63, 3.8) is 0 Å². The Morgan fingerprint density at radius 3 is 2.53 bits per heavy atom. The van der Waals surface area contributed by atoms with E-state index in [2.05, 4.69) is 22.3 Å². The number of para-hydroxylation sites is 1. The number of piperidine rings is 1. The normalized spacial score (nSPS) is 18.3.